The molecule has 0 saturated heterocycles. The van der Waals surface area contributed by atoms with Gasteiger partial charge in [-0.25, -0.2) is 10.8 Å². The lowest BCUT2D eigenvalue weighted by Gasteiger charge is -2.25. The van der Waals surface area contributed by atoms with E-state index >= 15 is 0 Å². The Kier molecular flexibility index (Phi) is 6.02. The number of hydrogen-bond donors (Lipinski definition) is 3. The third-order valence-electron chi connectivity index (χ3n) is 3.29. The van der Waals surface area contributed by atoms with Crippen LogP contribution in [-0.4, -0.2) is 16.5 Å². The molecule has 0 bridgehead atoms. The van der Waals surface area contributed by atoms with Crippen molar-refractivity contribution in [3.8, 4) is 0 Å². The third-order valence-corrected chi connectivity index (χ3v) is 3.29. The molecule has 0 aromatic carbocycles. The molecule has 108 valence electrons. The number of unbranched alkanes of at least 4 members (excludes halogenated alkanes) is 2. The zero-order valence-corrected chi connectivity index (χ0v) is 12.6. The van der Waals surface area contributed by atoms with Gasteiger partial charge in [-0.3, -0.25) is 5.43 Å². The molecule has 1 rings (SSSR count). The van der Waals surface area contributed by atoms with Crippen LogP contribution in [-0.2, 0) is 0 Å². The summed E-state index contributed by atoms with van der Waals surface area (Å²) in [6.07, 6.45) is 6.84. The van der Waals surface area contributed by atoms with Gasteiger partial charge < -0.3 is 5.32 Å². The first kappa shape index (κ1) is 15.7. The smallest absolute Gasteiger partial charge is 0.239 e. The standard InChI is InChI=1S/C14H27N5/c1-5-6-7-8-14(3,4)10-17-12-11(2)9-16-13(18-12)19-15/h9H,5-8,10,15H2,1-4H3,(H2,16,17,18,19). The van der Waals surface area contributed by atoms with E-state index in [1.54, 1.807) is 6.20 Å². The second-order valence-electron chi connectivity index (χ2n) is 5.84. The number of nitrogens with zero attached hydrogens (tertiary/aromatic N) is 2. The van der Waals surface area contributed by atoms with Crippen LogP contribution in [0.15, 0.2) is 6.20 Å². The normalized spacial score (nSPS) is 11.4. The van der Waals surface area contributed by atoms with Crippen molar-refractivity contribution >= 4 is 11.8 Å². The van der Waals surface area contributed by atoms with Crippen molar-refractivity contribution in [2.24, 2.45) is 11.3 Å². The van der Waals surface area contributed by atoms with Gasteiger partial charge in [-0.1, -0.05) is 40.0 Å². The van der Waals surface area contributed by atoms with Crippen molar-refractivity contribution < 1.29 is 0 Å². The van der Waals surface area contributed by atoms with E-state index in [0.717, 1.165) is 17.9 Å². The van der Waals surface area contributed by atoms with E-state index in [4.69, 9.17) is 5.84 Å². The van der Waals surface area contributed by atoms with Crippen LogP contribution in [0.5, 0.6) is 0 Å². The van der Waals surface area contributed by atoms with E-state index in [9.17, 15) is 0 Å². The van der Waals surface area contributed by atoms with Crippen molar-refractivity contribution in [1.29, 1.82) is 0 Å². The number of hydrazine groups is 1. The van der Waals surface area contributed by atoms with Crippen molar-refractivity contribution in [3.05, 3.63) is 11.8 Å². The number of anilines is 2. The lowest BCUT2D eigenvalue weighted by atomic mass is 9.87. The molecular formula is C14H27N5. The molecule has 0 fully saturated rings. The Morgan fingerprint density at radius 2 is 2.05 bits per heavy atom. The Bertz CT molecular complexity index is 389. The molecule has 19 heavy (non-hydrogen) atoms. The number of nitrogens with one attached hydrogen (secondary N) is 2. The minimum atomic E-state index is 0.267. The minimum absolute atomic E-state index is 0.267. The topological polar surface area (TPSA) is 75.9 Å². The van der Waals surface area contributed by atoms with Gasteiger partial charge in [0.15, 0.2) is 0 Å². The molecule has 0 aliphatic rings. The van der Waals surface area contributed by atoms with E-state index in [-0.39, 0.29) is 5.41 Å². The van der Waals surface area contributed by atoms with E-state index < -0.39 is 0 Å². The summed E-state index contributed by atoms with van der Waals surface area (Å²) in [5.74, 6) is 6.62. The predicted molar refractivity (Wildman–Crippen MR) is 81.0 cm³/mol. The highest BCUT2D eigenvalue weighted by Crippen LogP contribution is 2.24. The summed E-state index contributed by atoms with van der Waals surface area (Å²) >= 11 is 0. The Labute approximate surface area is 116 Å². The lowest BCUT2D eigenvalue weighted by molar-refractivity contribution is 0.342. The Hall–Kier alpha value is -1.36. The van der Waals surface area contributed by atoms with Gasteiger partial charge in [0.25, 0.3) is 0 Å². The van der Waals surface area contributed by atoms with Gasteiger partial charge in [0, 0.05) is 18.3 Å². The van der Waals surface area contributed by atoms with Crippen LogP contribution >= 0.6 is 0 Å². The first-order valence-electron chi connectivity index (χ1n) is 7.02. The maximum atomic E-state index is 5.33. The number of hydrogen-bond acceptors (Lipinski definition) is 5. The largest absolute Gasteiger partial charge is 0.369 e. The lowest BCUT2D eigenvalue weighted by Crippen LogP contribution is -2.24. The number of aryl methyl sites for hydroxylation is 1. The molecule has 1 aromatic heterocycles. The summed E-state index contributed by atoms with van der Waals surface area (Å²) in [6.45, 7) is 9.70. The zero-order valence-electron chi connectivity index (χ0n) is 12.6. The Balaban J connectivity index is 2.55. The molecule has 0 unspecified atom stereocenters. The Morgan fingerprint density at radius 1 is 1.32 bits per heavy atom. The monoisotopic (exact) mass is 265 g/mol. The van der Waals surface area contributed by atoms with Gasteiger partial charge in [-0.05, 0) is 18.8 Å². The van der Waals surface area contributed by atoms with Crippen LogP contribution in [0.25, 0.3) is 0 Å². The zero-order chi connectivity index (χ0) is 14.3. The van der Waals surface area contributed by atoms with Gasteiger partial charge in [0.1, 0.15) is 5.82 Å². The molecule has 1 heterocycles. The van der Waals surface area contributed by atoms with Crippen molar-refractivity contribution in [2.75, 3.05) is 17.3 Å². The fourth-order valence-corrected chi connectivity index (χ4v) is 1.96. The number of nitrogens with two attached hydrogens (primary N) is 1. The van der Waals surface area contributed by atoms with Crippen molar-refractivity contribution in [2.45, 2.75) is 53.4 Å². The van der Waals surface area contributed by atoms with Crippen LogP contribution < -0.4 is 16.6 Å². The molecule has 0 aliphatic carbocycles. The highest BCUT2D eigenvalue weighted by atomic mass is 15.3. The summed E-state index contributed by atoms with van der Waals surface area (Å²) in [4.78, 5) is 8.41. The summed E-state index contributed by atoms with van der Waals surface area (Å²) in [5.41, 5.74) is 3.77. The molecule has 0 saturated carbocycles. The first-order valence-corrected chi connectivity index (χ1v) is 7.02. The van der Waals surface area contributed by atoms with Crippen LogP contribution in [0.3, 0.4) is 0 Å². The maximum absolute atomic E-state index is 5.33. The summed E-state index contributed by atoms with van der Waals surface area (Å²) in [6, 6.07) is 0. The van der Waals surface area contributed by atoms with Crippen LogP contribution in [0.2, 0.25) is 0 Å². The fraction of sp³-hybridized carbons (Fsp3) is 0.714. The van der Waals surface area contributed by atoms with Crippen LogP contribution in [0.1, 0.15) is 52.0 Å². The first-order chi connectivity index (χ1) is 8.98. The molecule has 5 nitrogen and oxygen atoms in total. The highest BCUT2D eigenvalue weighted by Gasteiger charge is 2.17. The average Bonchev–Trinajstić information content (AvgIpc) is 2.38. The van der Waals surface area contributed by atoms with E-state index in [1.807, 2.05) is 6.92 Å². The third kappa shape index (κ3) is 5.42. The fourth-order valence-electron chi connectivity index (χ4n) is 1.96. The van der Waals surface area contributed by atoms with Gasteiger partial charge >= 0.3 is 0 Å². The number of nitrogen functional groups attached to an aromatic ring is 1. The molecule has 0 amide bonds. The maximum Gasteiger partial charge on any atom is 0.239 e. The second kappa shape index (κ2) is 7.28. The quantitative estimate of drug-likeness (QED) is 0.382. The molecular weight excluding hydrogens is 238 g/mol. The molecule has 0 radical (unpaired) electrons. The number of aromatic nitrogens is 2. The van der Waals surface area contributed by atoms with Crippen LogP contribution in [0.4, 0.5) is 11.8 Å². The van der Waals surface area contributed by atoms with Crippen LogP contribution in [0, 0.1) is 12.3 Å². The van der Waals surface area contributed by atoms with Gasteiger partial charge in [0.05, 0.1) is 0 Å². The highest BCUT2D eigenvalue weighted by molar-refractivity contribution is 5.46. The SMILES string of the molecule is CCCCCC(C)(C)CNc1nc(NN)ncc1C. The van der Waals surface area contributed by atoms with E-state index in [0.29, 0.717) is 5.95 Å². The molecule has 0 atom stereocenters. The second-order valence-corrected chi connectivity index (χ2v) is 5.84. The molecule has 0 aliphatic heterocycles. The predicted octanol–water partition coefficient (Wildman–Crippen LogP) is 3.09. The Morgan fingerprint density at radius 3 is 2.68 bits per heavy atom. The average molecular weight is 265 g/mol. The van der Waals surface area contributed by atoms with Crippen molar-refractivity contribution in [1.82, 2.24) is 9.97 Å². The summed E-state index contributed by atoms with van der Waals surface area (Å²) in [7, 11) is 0. The molecule has 0 spiro atoms. The van der Waals surface area contributed by atoms with Gasteiger partial charge in [0.2, 0.25) is 5.95 Å². The van der Waals surface area contributed by atoms with Crippen molar-refractivity contribution in [3.63, 3.8) is 0 Å². The number of rotatable bonds is 8. The molecule has 5 heteroatoms. The summed E-state index contributed by atoms with van der Waals surface area (Å²) < 4.78 is 0. The van der Waals surface area contributed by atoms with Gasteiger partial charge in [-0.15, -0.1) is 0 Å². The summed E-state index contributed by atoms with van der Waals surface area (Å²) in [5, 5.41) is 3.41. The van der Waals surface area contributed by atoms with Gasteiger partial charge in [-0.2, -0.15) is 4.98 Å². The molecule has 1 aromatic rings. The molecule has 4 N–H and O–H groups in total. The van der Waals surface area contributed by atoms with E-state index in [1.165, 1.54) is 25.7 Å². The van der Waals surface area contributed by atoms with E-state index in [2.05, 4.69) is 41.5 Å². The minimum Gasteiger partial charge on any atom is -0.369 e.